The molecular formula is C18H21N3O4. The second-order valence-electron chi connectivity index (χ2n) is 5.46. The lowest BCUT2D eigenvalue weighted by Crippen LogP contribution is -2.38. The molecule has 1 heterocycles. The quantitative estimate of drug-likeness (QED) is 0.862. The monoisotopic (exact) mass is 343 g/mol. The number of anilines is 1. The minimum absolute atomic E-state index is 0.109. The van der Waals surface area contributed by atoms with Gasteiger partial charge in [-0.05, 0) is 25.1 Å². The highest BCUT2D eigenvalue weighted by Crippen LogP contribution is 2.16. The smallest absolute Gasteiger partial charge is 0.254 e. The molecule has 2 aromatic rings. The van der Waals surface area contributed by atoms with Gasteiger partial charge in [-0.2, -0.15) is 0 Å². The van der Waals surface area contributed by atoms with Gasteiger partial charge >= 0.3 is 0 Å². The van der Waals surface area contributed by atoms with Gasteiger partial charge in [-0.1, -0.05) is 6.07 Å². The van der Waals surface area contributed by atoms with E-state index in [1.165, 1.54) is 21.7 Å². The summed E-state index contributed by atoms with van der Waals surface area (Å²) in [5.74, 6) is -0.0605. The molecule has 0 spiro atoms. The van der Waals surface area contributed by atoms with E-state index in [4.69, 9.17) is 4.74 Å². The van der Waals surface area contributed by atoms with Crippen molar-refractivity contribution in [3.8, 4) is 5.75 Å². The molecule has 0 atom stereocenters. The predicted octanol–water partition coefficient (Wildman–Crippen LogP) is 1.49. The molecule has 132 valence electrons. The van der Waals surface area contributed by atoms with Crippen molar-refractivity contribution in [1.82, 2.24) is 9.47 Å². The van der Waals surface area contributed by atoms with Crippen LogP contribution in [0, 0.1) is 0 Å². The zero-order chi connectivity index (χ0) is 18.4. The van der Waals surface area contributed by atoms with Crippen LogP contribution in [-0.4, -0.2) is 41.5 Å². The van der Waals surface area contributed by atoms with E-state index in [0.29, 0.717) is 18.0 Å². The second-order valence-corrected chi connectivity index (χ2v) is 5.46. The van der Waals surface area contributed by atoms with E-state index in [1.54, 1.807) is 51.4 Å². The average molecular weight is 343 g/mol. The maximum absolute atomic E-state index is 12.5. The fourth-order valence-electron chi connectivity index (χ4n) is 2.27. The van der Waals surface area contributed by atoms with Gasteiger partial charge in [0.25, 0.3) is 11.5 Å². The number of likely N-dealkylation sites (N-methyl/N-ethyl adjacent to an activating group) is 1. The Bertz CT molecular complexity index is 829. The standard InChI is InChI=1S/C18H21N3O4/c1-4-21(18(24)13-8-9-20(2)17(23)10-13)12-16(22)19-14-6-5-7-15(11-14)25-3/h5-11H,4,12H2,1-3H3,(H,19,22). The molecular weight excluding hydrogens is 322 g/mol. The largest absolute Gasteiger partial charge is 0.497 e. The Hall–Kier alpha value is -3.09. The zero-order valence-electron chi connectivity index (χ0n) is 14.5. The Morgan fingerprint density at radius 3 is 2.64 bits per heavy atom. The molecule has 2 amide bonds. The van der Waals surface area contributed by atoms with Crippen molar-refractivity contribution in [3.05, 3.63) is 58.5 Å². The van der Waals surface area contributed by atoms with Crippen LogP contribution in [0.5, 0.6) is 5.75 Å². The summed E-state index contributed by atoms with van der Waals surface area (Å²) in [6.07, 6.45) is 1.53. The number of rotatable bonds is 6. The molecule has 0 aliphatic rings. The minimum atomic E-state index is -0.360. The average Bonchev–Trinajstić information content (AvgIpc) is 2.61. The molecule has 0 bridgehead atoms. The lowest BCUT2D eigenvalue weighted by molar-refractivity contribution is -0.116. The number of nitrogens with zero attached hydrogens (tertiary/aromatic N) is 2. The fourth-order valence-corrected chi connectivity index (χ4v) is 2.27. The lowest BCUT2D eigenvalue weighted by Gasteiger charge is -2.20. The first kappa shape index (κ1) is 18.3. The van der Waals surface area contributed by atoms with E-state index in [0.717, 1.165) is 0 Å². The molecule has 2 rings (SSSR count). The molecule has 0 fully saturated rings. The molecule has 0 saturated heterocycles. The van der Waals surface area contributed by atoms with Gasteiger partial charge in [-0.15, -0.1) is 0 Å². The van der Waals surface area contributed by atoms with Crippen LogP contribution in [0.2, 0.25) is 0 Å². The van der Waals surface area contributed by atoms with Crippen molar-refractivity contribution in [2.45, 2.75) is 6.92 Å². The van der Waals surface area contributed by atoms with Crippen LogP contribution in [0.4, 0.5) is 5.69 Å². The highest BCUT2D eigenvalue weighted by molar-refractivity contribution is 5.99. The van der Waals surface area contributed by atoms with Gasteiger partial charge in [-0.3, -0.25) is 14.4 Å². The Balaban J connectivity index is 2.07. The maximum Gasteiger partial charge on any atom is 0.254 e. The highest BCUT2D eigenvalue weighted by Gasteiger charge is 2.18. The molecule has 0 unspecified atom stereocenters. The molecule has 25 heavy (non-hydrogen) atoms. The lowest BCUT2D eigenvalue weighted by atomic mass is 10.2. The first-order valence-electron chi connectivity index (χ1n) is 7.84. The van der Waals surface area contributed by atoms with E-state index >= 15 is 0 Å². The summed E-state index contributed by atoms with van der Waals surface area (Å²) >= 11 is 0. The summed E-state index contributed by atoms with van der Waals surface area (Å²) in [5.41, 5.74) is 0.572. The van der Waals surface area contributed by atoms with Gasteiger partial charge in [0.15, 0.2) is 0 Å². The van der Waals surface area contributed by atoms with Gasteiger partial charge in [-0.25, -0.2) is 0 Å². The molecule has 0 aliphatic heterocycles. The normalized spacial score (nSPS) is 10.2. The number of carbonyl (C=O) groups is 2. The van der Waals surface area contributed by atoms with Gasteiger partial charge in [0.1, 0.15) is 12.3 Å². The Morgan fingerprint density at radius 2 is 2.00 bits per heavy atom. The number of methoxy groups -OCH3 is 1. The number of nitrogens with one attached hydrogen (secondary N) is 1. The molecule has 1 aromatic carbocycles. The van der Waals surface area contributed by atoms with Crippen LogP contribution < -0.4 is 15.6 Å². The number of aromatic nitrogens is 1. The Kier molecular flexibility index (Phi) is 5.94. The number of pyridine rings is 1. The molecule has 7 heteroatoms. The molecule has 0 radical (unpaired) electrons. The van der Waals surface area contributed by atoms with E-state index in [2.05, 4.69) is 5.32 Å². The summed E-state index contributed by atoms with van der Waals surface area (Å²) in [6.45, 7) is 2.01. The Labute approximate surface area is 145 Å². The van der Waals surface area contributed by atoms with Gasteiger partial charge in [0.05, 0.1) is 7.11 Å². The van der Waals surface area contributed by atoms with Crippen molar-refractivity contribution in [1.29, 1.82) is 0 Å². The topological polar surface area (TPSA) is 80.6 Å². The number of amides is 2. The number of ether oxygens (including phenoxy) is 1. The van der Waals surface area contributed by atoms with E-state index < -0.39 is 0 Å². The minimum Gasteiger partial charge on any atom is -0.497 e. The fraction of sp³-hybridized carbons (Fsp3) is 0.278. The molecule has 1 aromatic heterocycles. The van der Waals surface area contributed by atoms with Crippen molar-refractivity contribution in [2.75, 3.05) is 25.5 Å². The van der Waals surface area contributed by atoms with Crippen LogP contribution in [0.25, 0.3) is 0 Å². The van der Waals surface area contributed by atoms with Crippen molar-refractivity contribution < 1.29 is 14.3 Å². The first-order valence-corrected chi connectivity index (χ1v) is 7.84. The first-order chi connectivity index (χ1) is 11.9. The van der Waals surface area contributed by atoms with Crippen molar-refractivity contribution in [2.24, 2.45) is 7.05 Å². The molecule has 7 nitrogen and oxygen atoms in total. The summed E-state index contributed by atoms with van der Waals surface area (Å²) in [4.78, 5) is 37.8. The summed E-state index contributed by atoms with van der Waals surface area (Å²) < 4.78 is 6.49. The van der Waals surface area contributed by atoms with E-state index in [-0.39, 0.29) is 29.5 Å². The summed E-state index contributed by atoms with van der Waals surface area (Å²) in [5, 5.41) is 2.73. The number of carbonyl (C=O) groups excluding carboxylic acids is 2. The highest BCUT2D eigenvalue weighted by atomic mass is 16.5. The van der Waals surface area contributed by atoms with E-state index in [9.17, 15) is 14.4 Å². The SMILES string of the molecule is CCN(CC(=O)Nc1cccc(OC)c1)C(=O)c1ccn(C)c(=O)c1. The van der Waals surface area contributed by atoms with Crippen LogP contribution in [0.15, 0.2) is 47.4 Å². The van der Waals surface area contributed by atoms with Gasteiger partial charge in [0, 0.05) is 43.2 Å². The second kappa shape index (κ2) is 8.14. The third-order valence-electron chi connectivity index (χ3n) is 3.71. The van der Waals surface area contributed by atoms with Crippen LogP contribution in [0.1, 0.15) is 17.3 Å². The summed E-state index contributed by atoms with van der Waals surface area (Å²) in [6, 6.07) is 9.79. The number of aryl methyl sites for hydroxylation is 1. The zero-order valence-corrected chi connectivity index (χ0v) is 14.5. The Morgan fingerprint density at radius 1 is 1.24 bits per heavy atom. The number of hydrogen-bond donors (Lipinski definition) is 1. The number of hydrogen-bond acceptors (Lipinski definition) is 4. The number of benzene rings is 1. The van der Waals surface area contributed by atoms with Crippen molar-refractivity contribution in [3.63, 3.8) is 0 Å². The van der Waals surface area contributed by atoms with E-state index in [1.807, 2.05) is 0 Å². The predicted molar refractivity (Wildman–Crippen MR) is 94.9 cm³/mol. The third-order valence-corrected chi connectivity index (χ3v) is 3.71. The van der Waals surface area contributed by atoms with Gasteiger partial charge in [0.2, 0.25) is 5.91 Å². The summed E-state index contributed by atoms with van der Waals surface area (Å²) in [7, 11) is 3.15. The molecule has 0 aliphatic carbocycles. The molecule has 0 saturated carbocycles. The van der Waals surface area contributed by atoms with Crippen molar-refractivity contribution >= 4 is 17.5 Å². The van der Waals surface area contributed by atoms with Gasteiger partial charge < -0.3 is 19.5 Å². The maximum atomic E-state index is 12.5. The molecule has 1 N–H and O–H groups in total. The van der Waals surface area contributed by atoms with Crippen LogP contribution >= 0.6 is 0 Å². The van der Waals surface area contributed by atoms with Crippen LogP contribution in [0.3, 0.4) is 0 Å². The van der Waals surface area contributed by atoms with Crippen LogP contribution in [-0.2, 0) is 11.8 Å². The third kappa shape index (κ3) is 4.69.